The molecule has 100 valence electrons. The molecule has 18 heavy (non-hydrogen) atoms. The summed E-state index contributed by atoms with van der Waals surface area (Å²) in [5.74, 6) is -1.13. The number of thiocarbonyl (C=S) groups is 1. The van der Waals surface area contributed by atoms with Crippen molar-refractivity contribution in [1.82, 2.24) is 5.32 Å². The second-order valence-electron chi connectivity index (χ2n) is 3.47. The molecule has 0 aromatic heterocycles. The molecular weight excluding hydrogens is 326 g/mol. The smallest absolute Gasteiger partial charge is 0.170 e. The topological polar surface area (TPSA) is 33.3 Å². The van der Waals surface area contributed by atoms with E-state index in [0.29, 0.717) is 13.2 Å². The molecule has 3 nitrogen and oxygen atoms in total. The van der Waals surface area contributed by atoms with Crippen LogP contribution >= 0.6 is 28.1 Å². The highest BCUT2D eigenvalue weighted by Gasteiger charge is 2.09. The minimum absolute atomic E-state index is 0.0000541. The van der Waals surface area contributed by atoms with Gasteiger partial charge in [-0.2, -0.15) is 0 Å². The van der Waals surface area contributed by atoms with E-state index in [9.17, 15) is 8.78 Å². The summed E-state index contributed by atoms with van der Waals surface area (Å²) in [6.45, 7) is 1.21. The fourth-order valence-electron chi connectivity index (χ4n) is 1.20. The van der Waals surface area contributed by atoms with E-state index in [-0.39, 0.29) is 15.3 Å². The maximum Gasteiger partial charge on any atom is 0.170 e. The molecule has 0 aliphatic rings. The Morgan fingerprint density at radius 3 is 2.78 bits per heavy atom. The molecule has 1 aromatic rings. The van der Waals surface area contributed by atoms with Gasteiger partial charge in [-0.25, -0.2) is 8.78 Å². The molecule has 0 fully saturated rings. The molecule has 2 N–H and O–H groups in total. The lowest BCUT2D eigenvalue weighted by Crippen LogP contribution is -2.30. The first-order valence-electron chi connectivity index (χ1n) is 5.23. The van der Waals surface area contributed by atoms with E-state index < -0.39 is 11.6 Å². The van der Waals surface area contributed by atoms with Gasteiger partial charge in [-0.3, -0.25) is 0 Å². The molecule has 7 heteroatoms. The molecular formula is C11H13BrF2N2OS. The van der Waals surface area contributed by atoms with Crippen LogP contribution in [0.3, 0.4) is 0 Å². The fourth-order valence-corrected chi connectivity index (χ4v) is 1.73. The van der Waals surface area contributed by atoms with Crippen molar-refractivity contribution in [3.8, 4) is 0 Å². The molecule has 0 saturated heterocycles. The van der Waals surface area contributed by atoms with Gasteiger partial charge < -0.3 is 15.4 Å². The summed E-state index contributed by atoms with van der Waals surface area (Å²) in [6.07, 6.45) is 0.773. The lowest BCUT2D eigenvalue weighted by molar-refractivity contribution is 0.196. The lowest BCUT2D eigenvalue weighted by Gasteiger charge is -2.11. The van der Waals surface area contributed by atoms with E-state index in [1.54, 1.807) is 7.11 Å². The van der Waals surface area contributed by atoms with Crippen molar-refractivity contribution >= 4 is 38.9 Å². The summed E-state index contributed by atoms with van der Waals surface area (Å²) in [7, 11) is 1.61. The van der Waals surface area contributed by atoms with Gasteiger partial charge in [-0.15, -0.1) is 0 Å². The molecule has 0 aliphatic carbocycles. The van der Waals surface area contributed by atoms with Gasteiger partial charge in [-0.1, -0.05) is 0 Å². The van der Waals surface area contributed by atoms with E-state index in [1.807, 2.05) is 0 Å². The third kappa shape index (κ3) is 4.83. The van der Waals surface area contributed by atoms with E-state index in [2.05, 4.69) is 26.6 Å². The van der Waals surface area contributed by atoms with Crippen molar-refractivity contribution in [2.75, 3.05) is 25.6 Å². The summed E-state index contributed by atoms with van der Waals surface area (Å²) < 4.78 is 31.6. The summed E-state index contributed by atoms with van der Waals surface area (Å²) in [5, 5.41) is 5.71. The third-order valence-electron chi connectivity index (χ3n) is 2.07. The Morgan fingerprint density at radius 2 is 2.11 bits per heavy atom. The van der Waals surface area contributed by atoms with Crippen LogP contribution in [0.1, 0.15) is 6.42 Å². The van der Waals surface area contributed by atoms with Gasteiger partial charge in [0, 0.05) is 26.3 Å². The van der Waals surface area contributed by atoms with Crippen molar-refractivity contribution in [1.29, 1.82) is 0 Å². The number of ether oxygens (including phenoxy) is 1. The van der Waals surface area contributed by atoms with Crippen molar-refractivity contribution in [2.24, 2.45) is 0 Å². The average molecular weight is 339 g/mol. The van der Waals surface area contributed by atoms with Crippen LogP contribution in [0.5, 0.6) is 0 Å². The van der Waals surface area contributed by atoms with Crippen LogP contribution in [0.15, 0.2) is 16.6 Å². The second-order valence-corrected chi connectivity index (χ2v) is 4.74. The first-order chi connectivity index (χ1) is 8.54. The molecule has 1 rings (SSSR count). The number of nitrogens with one attached hydrogen (secondary N) is 2. The highest BCUT2D eigenvalue weighted by molar-refractivity contribution is 9.10. The molecule has 0 spiro atoms. The van der Waals surface area contributed by atoms with Crippen LogP contribution in [0, 0.1) is 11.6 Å². The summed E-state index contributed by atoms with van der Waals surface area (Å²) >= 11 is 7.86. The van der Waals surface area contributed by atoms with Crippen molar-refractivity contribution < 1.29 is 13.5 Å². The Bertz CT molecular complexity index is 432. The molecule has 0 amide bonds. The van der Waals surface area contributed by atoms with Gasteiger partial charge >= 0.3 is 0 Å². The second kappa shape index (κ2) is 7.60. The monoisotopic (exact) mass is 338 g/mol. The zero-order valence-electron chi connectivity index (χ0n) is 9.73. The largest absolute Gasteiger partial charge is 0.385 e. The van der Waals surface area contributed by atoms with Crippen LogP contribution in [0.2, 0.25) is 0 Å². The van der Waals surface area contributed by atoms with Crippen molar-refractivity contribution in [3.63, 3.8) is 0 Å². The Kier molecular flexibility index (Phi) is 6.45. The van der Waals surface area contributed by atoms with Crippen LogP contribution in [-0.2, 0) is 4.74 Å². The Balaban J connectivity index is 2.51. The molecule has 0 radical (unpaired) electrons. The lowest BCUT2D eigenvalue weighted by atomic mass is 10.3. The number of benzene rings is 1. The average Bonchev–Trinajstić information content (AvgIpc) is 2.32. The first-order valence-corrected chi connectivity index (χ1v) is 6.43. The van der Waals surface area contributed by atoms with Crippen LogP contribution in [-0.4, -0.2) is 25.4 Å². The van der Waals surface area contributed by atoms with E-state index in [0.717, 1.165) is 18.6 Å². The van der Waals surface area contributed by atoms with E-state index in [1.165, 1.54) is 0 Å². The number of rotatable bonds is 5. The number of halogens is 3. The summed E-state index contributed by atoms with van der Waals surface area (Å²) in [5.41, 5.74) is -0.0000541. The number of hydrogen-bond acceptors (Lipinski definition) is 2. The highest BCUT2D eigenvalue weighted by atomic mass is 79.9. The maximum atomic E-state index is 13.5. The normalized spacial score (nSPS) is 10.2. The molecule has 0 unspecified atom stereocenters. The van der Waals surface area contributed by atoms with Gasteiger partial charge in [0.1, 0.15) is 11.6 Å². The minimum Gasteiger partial charge on any atom is -0.385 e. The number of methoxy groups -OCH3 is 1. The van der Waals surface area contributed by atoms with Gasteiger partial charge in [0.15, 0.2) is 5.11 Å². The zero-order chi connectivity index (χ0) is 13.5. The van der Waals surface area contributed by atoms with Crippen LogP contribution in [0.4, 0.5) is 14.5 Å². The van der Waals surface area contributed by atoms with Gasteiger partial charge in [0.05, 0.1) is 10.2 Å². The number of hydrogen-bond donors (Lipinski definition) is 2. The summed E-state index contributed by atoms with van der Waals surface area (Å²) in [6, 6.07) is 2.09. The van der Waals surface area contributed by atoms with Gasteiger partial charge in [0.25, 0.3) is 0 Å². The van der Waals surface area contributed by atoms with Crippen LogP contribution in [0.25, 0.3) is 0 Å². The predicted molar refractivity (Wildman–Crippen MR) is 74.8 cm³/mol. The standard InChI is InChI=1S/C11H13BrF2N2OS/c1-17-4-2-3-15-11(18)16-10-6-8(13)7(12)5-9(10)14/h5-6H,2-4H2,1H3,(H2,15,16,18). The predicted octanol–water partition coefficient (Wildman–Crippen LogP) is 3.05. The third-order valence-corrected chi connectivity index (χ3v) is 2.92. The highest BCUT2D eigenvalue weighted by Crippen LogP contribution is 2.23. The molecule has 0 aliphatic heterocycles. The van der Waals surface area contributed by atoms with Crippen LogP contribution < -0.4 is 10.6 Å². The Morgan fingerprint density at radius 1 is 1.39 bits per heavy atom. The van der Waals surface area contributed by atoms with Gasteiger partial charge in [0.2, 0.25) is 0 Å². The SMILES string of the molecule is COCCCNC(=S)Nc1cc(F)c(Br)cc1F. The summed E-state index contributed by atoms with van der Waals surface area (Å²) in [4.78, 5) is 0. The molecule has 0 bridgehead atoms. The van der Waals surface area contributed by atoms with Gasteiger partial charge in [-0.05, 0) is 40.6 Å². The minimum atomic E-state index is -0.579. The quantitative estimate of drug-likeness (QED) is 0.491. The molecule has 1 aromatic carbocycles. The molecule has 0 saturated carbocycles. The fraction of sp³-hybridized carbons (Fsp3) is 0.364. The Hall–Kier alpha value is -0.790. The molecule has 0 atom stereocenters. The first kappa shape index (κ1) is 15.3. The maximum absolute atomic E-state index is 13.5. The van der Waals surface area contributed by atoms with Crippen molar-refractivity contribution in [2.45, 2.75) is 6.42 Å². The van der Waals surface area contributed by atoms with Crippen molar-refractivity contribution in [3.05, 3.63) is 28.2 Å². The van der Waals surface area contributed by atoms with E-state index >= 15 is 0 Å². The zero-order valence-corrected chi connectivity index (χ0v) is 12.1. The van der Waals surface area contributed by atoms with E-state index in [4.69, 9.17) is 17.0 Å². The number of anilines is 1. The molecule has 0 heterocycles. The Labute approximate surface area is 118 Å².